The lowest BCUT2D eigenvalue weighted by atomic mass is 10.1. The van der Waals surface area contributed by atoms with Crippen LogP contribution in [0.3, 0.4) is 0 Å². The van der Waals surface area contributed by atoms with E-state index in [9.17, 15) is 9.59 Å². The van der Waals surface area contributed by atoms with E-state index in [0.717, 1.165) is 19.3 Å². The Morgan fingerprint density at radius 3 is 2.55 bits per heavy atom. The van der Waals surface area contributed by atoms with E-state index in [1.807, 2.05) is 0 Å². The van der Waals surface area contributed by atoms with Gasteiger partial charge in [-0.15, -0.1) is 0 Å². The minimum absolute atomic E-state index is 0.0470. The maximum Gasteiger partial charge on any atom is 0.418 e. The van der Waals surface area contributed by atoms with E-state index in [1.54, 1.807) is 32.8 Å². The molecule has 2 aliphatic rings. The number of methoxy groups -OCH3 is 1. The first kappa shape index (κ1) is 15.1. The predicted octanol–water partition coefficient (Wildman–Crippen LogP) is 2.23. The number of hydrogen-bond donors (Lipinski definition) is 0. The summed E-state index contributed by atoms with van der Waals surface area (Å²) in [4.78, 5) is 27.8. The summed E-state index contributed by atoms with van der Waals surface area (Å²) >= 11 is 0. The Labute approximate surface area is 120 Å². The molecule has 0 aromatic rings. The van der Waals surface area contributed by atoms with Crippen molar-refractivity contribution < 1.29 is 19.1 Å². The van der Waals surface area contributed by atoms with E-state index in [4.69, 9.17) is 9.47 Å². The lowest BCUT2D eigenvalue weighted by molar-refractivity contribution is 0.0293. The molecular weight excluding hydrogens is 260 g/mol. The van der Waals surface area contributed by atoms with Crippen LogP contribution in [0.4, 0.5) is 9.59 Å². The molecule has 0 aromatic carbocycles. The van der Waals surface area contributed by atoms with Crippen LogP contribution in [0.15, 0.2) is 0 Å². The number of nitrogens with zero attached hydrogens (tertiary/aromatic N) is 2. The number of carbonyl (C=O) groups is 2. The molecule has 1 saturated heterocycles. The van der Waals surface area contributed by atoms with E-state index in [0.29, 0.717) is 13.2 Å². The van der Waals surface area contributed by atoms with E-state index in [-0.39, 0.29) is 18.1 Å². The van der Waals surface area contributed by atoms with Crippen LogP contribution < -0.4 is 0 Å². The van der Waals surface area contributed by atoms with Crippen LogP contribution >= 0.6 is 0 Å². The lowest BCUT2D eigenvalue weighted by Gasteiger charge is -2.25. The van der Waals surface area contributed by atoms with Gasteiger partial charge in [-0.25, -0.2) is 14.5 Å². The molecule has 1 aliphatic heterocycles. The molecule has 0 aromatic heterocycles. The van der Waals surface area contributed by atoms with Crippen molar-refractivity contribution in [2.75, 3.05) is 20.3 Å². The van der Waals surface area contributed by atoms with Crippen molar-refractivity contribution in [3.8, 4) is 0 Å². The van der Waals surface area contributed by atoms with Gasteiger partial charge in [0.15, 0.2) is 0 Å². The Bertz CT molecular complexity index is 391. The molecule has 20 heavy (non-hydrogen) atoms. The Morgan fingerprint density at radius 2 is 1.95 bits per heavy atom. The molecule has 0 unspecified atom stereocenters. The van der Waals surface area contributed by atoms with E-state index < -0.39 is 11.7 Å². The third-order valence-electron chi connectivity index (χ3n) is 3.75. The van der Waals surface area contributed by atoms with Crippen LogP contribution in [0.5, 0.6) is 0 Å². The Morgan fingerprint density at radius 1 is 1.30 bits per heavy atom. The largest absolute Gasteiger partial charge is 0.443 e. The molecule has 0 radical (unpaired) electrons. The van der Waals surface area contributed by atoms with Gasteiger partial charge >= 0.3 is 12.1 Å². The van der Waals surface area contributed by atoms with Gasteiger partial charge in [0, 0.05) is 13.7 Å². The predicted molar refractivity (Wildman–Crippen MR) is 73.5 cm³/mol. The van der Waals surface area contributed by atoms with Gasteiger partial charge in [0.1, 0.15) is 5.60 Å². The monoisotopic (exact) mass is 284 g/mol. The fourth-order valence-corrected chi connectivity index (χ4v) is 2.98. The number of fused-ring (bicyclic) bond motifs is 1. The summed E-state index contributed by atoms with van der Waals surface area (Å²) in [5.74, 6) is 0. The quantitative estimate of drug-likeness (QED) is 0.797. The molecule has 1 saturated carbocycles. The smallest absolute Gasteiger partial charge is 0.418 e. The van der Waals surface area contributed by atoms with Crippen LogP contribution in [0.2, 0.25) is 0 Å². The van der Waals surface area contributed by atoms with Crippen LogP contribution in [0, 0.1) is 0 Å². The van der Waals surface area contributed by atoms with Crippen molar-refractivity contribution in [2.24, 2.45) is 0 Å². The van der Waals surface area contributed by atoms with Crippen molar-refractivity contribution in [3.05, 3.63) is 0 Å². The average Bonchev–Trinajstić information content (AvgIpc) is 2.84. The summed E-state index contributed by atoms with van der Waals surface area (Å²) in [6.07, 6.45) is 2.31. The highest BCUT2D eigenvalue weighted by Crippen LogP contribution is 2.36. The molecule has 0 bridgehead atoms. The third-order valence-corrected chi connectivity index (χ3v) is 3.75. The lowest BCUT2D eigenvalue weighted by Crippen LogP contribution is -2.43. The summed E-state index contributed by atoms with van der Waals surface area (Å²) in [5, 5.41) is 0. The molecule has 1 aliphatic carbocycles. The van der Waals surface area contributed by atoms with Crippen LogP contribution in [0.25, 0.3) is 0 Å². The fourth-order valence-electron chi connectivity index (χ4n) is 2.98. The molecule has 0 N–H and O–H groups in total. The standard InChI is InChI=1S/C14H24N2O4/c1-14(2,3)20-13(18)16-11-7-5-6-10(11)15(12(16)17)8-9-19-4/h10-11H,5-9H2,1-4H3/t10-,11+/m0/s1. The van der Waals surface area contributed by atoms with Crippen LogP contribution in [-0.2, 0) is 9.47 Å². The summed E-state index contributed by atoms with van der Waals surface area (Å²) in [7, 11) is 1.61. The molecule has 2 atom stereocenters. The Hall–Kier alpha value is -1.30. The second-order valence-corrected chi connectivity index (χ2v) is 6.38. The van der Waals surface area contributed by atoms with Crippen LogP contribution in [0.1, 0.15) is 40.0 Å². The first-order chi connectivity index (χ1) is 9.35. The van der Waals surface area contributed by atoms with Gasteiger partial charge in [-0.1, -0.05) is 0 Å². The molecule has 1 heterocycles. The van der Waals surface area contributed by atoms with E-state index in [1.165, 1.54) is 4.90 Å². The fraction of sp³-hybridized carbons (Fsp3) is 0.857. The number of rotatable bonds is 3. The molecule has 6 heteroatoms. The Kier molecular flexibility index (Phi) is 4.22. The highest BCUT2D eigenvalue weighted by atomic mass is 16.6. The van der Waals surface area contributed by atoms with Gasteiger partial charge in [0.05, 0.1) is 18.7 Å². The van der Waals surface area contributed by atoms with Crippen molar-refractivity contribution in [1.82, 2.24) is 9.80 Å². The van der Waals surface area contributed by atoms with E-state index >= 15 is 0 Å². The zero-order valence-corrected chi connectivity index (χ0v) is 12.7. The minimum Gasteiger partial charge on any atom is -0.443 e. The number of ether oxygens (including phenoxy) is 2. The first-order valence-electron chi connectivity index (χ1n) is 7.17. The van der Waals surface area contributed by atoms with Gasteiger partial charge in [-0.2, -0.15) is 0 Å². The van der Waals surface area contributed by atoms with Gasteiger partial charge in [0.25, 0.3) is 0 Å². The number of hydrogen-bond acceptors (Lipinski definition) is 4. The van der Waals surface area contributed by atoms with E-state index in [2.05, 4.69) is 0 Å². The number of carbonyl (C=O) groups excluding carboxylic acids is 2. The molecule has 3 amide bonds. The molecule has 6 nitrogen and oxygen atoms in total. The third kappa shape index (κ3) is 2.90. The highest BCUT2D eigenvalue weighted by Gasteiger charge is 2.51. The summed E-state index contributed by atoms with van der Waals surface area (Å²) in [6.45, 7) is 6.42. The van der Waals surface area contributed by atoms with Gasteiger partial charge in [-0.3, -0.25) is 0 Å². The SMILES string of the molecule is COCCN1C(=O)N(C(=O)OC(C)(C)C)[C@@H]2CCC[C@@H]21. The second kappa shape index (κ2) is 5.60. The first-order valence-corrected chi connectivity index (χ1v) is 7.17. The van der Waals surface area contributed by atoms with Gasteiger partial charge < -0.3 is 14.4 Å². The number of urea groups is 1. The molecule has 114 valence electrons. The molecule has 2 fully saturated rings. The normalized spacial score (nSPS) is 26.1. The second-order valence-electron chi connectivity index (χ2n) is 6.38. The van der Waals surface area contributed by atoms with Gasteiger partial charge in [0.2, 0.25) is 0 Å². The van der Waals surface area contributed by atoms with Crippen molar-refractivity contribution >= 4 is 12.1 Å². The molecular formula is C14H24N2O4. The minimum atomic E-state index is -0.592. The highest BCUT2D eigenvalue weighted by molar-refractivity contribution is 5.93. The summed E-state index contributed by atoms with van der Waals surface area (Å²) < 4.78 is 10.4. The summed E-state index contributed by atoms with van der Waals surface area (Å²) in [6, 6.07) is -0.176. The number of imide groups is 1. The zero-order chi connectivity index (χ0) is 14.9. The topological polar surface area (TPSA) is 59.1 Å². The Balaban J connectivity index is 2.12. The zero-order valence-electron chi connectivity index (χ0n) is 12.7. The summed E-state index contributed by atoms with van der Waals surface area (Å²) in [5.41, 5.74) is -0.592. The van der Waals surface area contributed by atoms with Crippen molar-refractivity contribution in [1.29, 1.82) is 0 Å². The van der Waals surface area contributed by atoms with Crippen molar-refractivity contribution in [3.63, 3.8) is 0 Å². The van der Waals surface area contributed by atoms with Gasteiger partial charge in [-0.05, 0) is 40.0 Å². The maximum absolute atomic E-state index is 12.4. The average molecular weight is 284 g/mol. The van der Waals surface area contributed by atoms with Crippen molar-refractivity contribution in [2.45, 2.75) is 57.7 Å². The maximum atomic E-state index is 12.4. The molecule has 2 rings (SSSR count). The van der Waals surface area contributed by atoms with Crippen LogP contribution in [-0.4, -0.2) is 59.9 Å². The number of amides is 3. The molecule has 0 spiro atoms.